The van der Waals surface area contributed by atoms with Crippen molar-refractivity contribution in [3.63, 3.8) is 0 Å². The van der Waals surface area contributed by atoms with Crippen LogP contribution in [0.5, 0.6) is 0 Å². The third-order valence-corrected chi connectivity index (χ3v) is 3.33. The van der Waals surface area contributed by atoms with Gasteiger partial charge in [0.2, 0.25) is 5.91 Å². The topological polar surface area (TPSA) is 68.3 Å². The standard InChI is InChI=1S/C15H26N2O2/c1-12(9-10-16)5-8-15(18)17-13(2)6-7-14-4-3-11-19-14/h3-4,11-13H,5-10,16H2,1-2H3,(H,17,18). The van der Waals surface area contributed by atoms with Crippen LogP contribution in [0.1, 0.15) is 45.3 Å². The SMILES string of the molecule is CC(CCN)CCC(=O)NC(C)CCc1ccco1. The molecule has 2 unspecified atom stereocenters. The van der Waals surface area contributed by atoms with E-state index in [2.05, 4.69) is 12.2 Å². The van der Waals surface area contributed by atoms with E-state index < -0.39 is 0 Å². The lowest BCUT2D eigenvalue weighted by Crippen LogP contribution is -2.33. The van der Waals surface area contributed by atoms with Crippen LogP contribution in [0.3, 0.4) is 0 Å². The van der Waals surface area contributed by atoms with Crippen molar-refractivity contribution in [2.75, 3.05) is 6.54 Å². The molecule has 0 aromatic carbocycles. The molecule has 0 bridgehead atoms. The molecule has 3 N–H and O–H groups in total. The molecule has 108 valence electrons. The number of amides is 1. The lowest BCUT2D eigenvalue weighted by atomic mass is 10.0. The average Bonchev–Trinajstić information content (AvgIpc) is 2.87. The molecule has 1 aromatic heterocycles. The number of furan rings is 1. The number of hydrogen-bond donors (Lipinski definition) is 2. The Hall–Kier alpha value is -1.29. The Bertz CT molecular complexity index is 349. The zero-order valence-corrected chi connectivity index (χ0v) is 12.0. The first kappa shape index (κ1) is 15.8. The minimum Gasteiger partial charge on any atom is -0.469 e. The van der Waals surface area contributed by atoms with E-state index in [0.717, 1.165) is 31.4 Å². The Kier molecular flexibility index (Phi) is 7.26. The molecule has 1 heterocycles. The van der Waals surface area contributed by atoms with E-state index in [-0.39, 0.29) is 11.9 Å². The van der Waals surface area contributed by atoms with Gasteiger partial charge in [-0.1, -0.05) is 6.92 Å². The van der Waals surface area contributed by atoms with Gasteiger partial charge >= 0.3 is 0 Å². The van der Waals surface area contributed by atoms with Crippen molar-refractivity contribution in [3.8, 4) is 0 Å². The first-order chi connectivity index (χ1) is 9.11. The lowest BCUT2D eigenvalue weighted by Gasteiger charge is -2.14. The molecule has 4 heteroatoms. The molecule has 4 nitrogen and oxygen atoms in total. The van der Waals surface area contributed by atoms with E-state index in [4.69, 9.17) is 10.2 Å². The fourth-order valence-electron chi connectivity index (χ4n) is 2.04. The summed E-state index contributed by atoms with van der Waals surface area (Å²) in [5.41, 5.74) is 5.49. The van der Waals surface area contributed by atoms with Crippen molar-refractivity contribution in [2.45, 2.75) is 52.0 Å². The number of carbonyl (C=O) groups excluding carboxylic acids is 1. The molecular weight excluding hydrogens is 240 g/mol. The summed E-state index contributed by atoms with van der Waals surface area (Å²) in [7, 11) is 0. The second-order valence-corrected chi connectivity index (χ2v) is 5.31. The minimum absolute atomic E-state index is 0.135. The molecule has 0 aliphatic heterocycles. The van der Waals surface area contributed by atoms with Gasteiger partial charge in [0.15, 0.2) is 0 Å². The summed E-state index contributed by atoms with van der Waals surface area (Å²) < 4.78 is 5.27. The summed E-state index contributed by atoms with van der Waals surface area (Å²) in [6.45, 7) is 4.87. The number of nitrogens with one attached hydrogen (secondary N) is 1. The number of aryl methyl sites for hydroxylation is 1. The second-order valence-electron chi connectivity index (χ2n) is 5.31. The molecule has 1 rings (SSSR count). The first-order valence-electron chi connectivity index (χ1n) is 7.13. The summed E-state index contributed by atoms with van der Waals surface area (Å²) >= 11 is 0. The molecule has 0 saturated carbocycles. The van der Waals surface area contributed by atoms with E-state index >= 15 is 0 Å². The number of nitrogens with two attached hydrogens (primary N) is 1. The van der Waals surface area contributed by atoms with Crippen LogP contribution in [0.15, 0.2) is 22.8 Å². The van der Waals surface area contributed by atoms with Crippen LogP contribution in [0.25, 0.3) is 0 Å². The maximum absolute atomic E-state index is 11.8. The van der Waals surface area contributed by atoms with Gasteiger partial charge in [0.25, 0.3) is 0 Å². The molecule has 0 aliphatic carbocycles. The molecule has 0 saturated heterocycles. The Morgan fingerprint density at radius 3 is 2.79 bits per heavy atom. The van der Waals surface area contributed by atoms with E-state index in [9.17, 15) is 4.79 Å². The van der Waals surface area contributed by atoms with Crippen molar-refractivity contribution in [1.29, 1.82) is 0 Å². The van der Waals surface area contributed by atoms with Gasteiger partial charge in [-0.2, -0.15) is 0 Å². The first-order valence-corrected chi connectivity index (χ1v) is 7.13. The van der Waals surface area contributed by atoms with Crippen LogP contribution in [0.4, 0.5) is 0 Å². The Labute approximate surface area is 115 Å². The predicted molar refractivity (Wildman–Crippen MR) is 76.7 cm³/mol. The zero-order chi connectivity index (χ0) is 14.1. The predicted octanol–water partition coefficient (Wildman–Crippen LogP) is 2.48. The van der Waals surface area contributed by atoms with E-state index in [1.807, 2.05) is 19.1 Å². The van der Waals surface area contributed by atoms with Crippen molar-refractivity contribution >= 4 is 5.91 Å². The van der Waals surface area contributed by atoms with Crippen molar-refractivity contribution < 1.29 is 9.21 Å². The van der Waals surface area contributed by atoms with Gasteiger partial charge in [-0.05, 0) is 50.8 Å². The third-order valence-electron chi connectivity index (χ3n) is 3.33. The molecule has 1 aromatic rings. The number of carbonyl (C=O) groups is 1. The maximum Gasteiger partial charge on any atom is 0.220 e. The summed E-state index contributed by atoms with van der Waals surface area (Å²) in [6.07, 6.45) is 5.93. The van der Waals surface area contributed by atoms with E-state index in [1.165, 1.54) is 0 Å². The van der Waals surface area contributed by atoms with Gasteiger partial charge in [0.1, 0.15) is 5.76 Å². The van der Waals surface area contributed by atoms with Crippen LogP contribution in [0.2, 0.25) is 0 Å². The molecule has 0 radical (unpaired) electrons. The Morgan fingerprint density at radius 1 is 1.37 bits per heavy atom. The highest BCUT2D eigenvalue weighted by Crippen LogP contribution is 2.10. The molecule has 0 fully saturated rings. The second kappa shape index (κ2) is 8.75. The molecule has 1 amide bonds. The number of rotatable bonds is 9. The molecule has 0 spiro atoms. The van der Waals surface area contributed by atoms with Crippen LogP contribution in [-0.4, -0.2) is 18.5 Å². The monoisotopic (exact) mass is 266 g/mol. The quantitative estimate of drug-likeness (QED) is 0.721. The van der Waals surface area contributed by atoms with Crippen LogP contribution < -0.4 is 11.1 Å². The normalized spacial score (nSPS) is 14.1. The van der Waals surface area contributed by atoms with Gasteiger partial charge in [0.05, 0.1) is 6.26 Å². The summed E-state index contributed by atoms with van der Waals surface area (Å²) in [4.78, 5) is 11.8. The fourth-order valence-corrected chi connectivity index (χ4v) is 2.04. The van der Waals surface area contributed by atoms with Crippen LogP contribution in [0, 0.1) is 5.92 Å². The summed E-state index contributed by atoms with van der Waals surface area (Å²) in [5, 5.41) is 3.03. The van der Waals surface area contributed by atoms with Gasteiger partial charge < -0.3 is 15.5 Å². The Morgan fingerprint density at radius 2 is 2.16 bits per heavy atom. The molecule has 19 heavy (non-hydrogen) atoms. The van der Waals surface area contributed by atoms with E-state index in [1.54, 1.807) is 6.26 Å². The van der Waals surface area contributed by atoms with Crippen molar-refractivity contribution in [1.82, 2.24) is 5.32 Å². The van der Waals surface area contributed by atoms with Gasteiger partial charge in [-0.3, -0.25) is 4.79 Å². The smallest absolute Gasteiger partial charge is 0.220 e. The van der Waals surface area contributed by atoms with Gasteiger partial charge in [-0.15, -0.1) is 0 Å². The maximum atomic E-state index is 11.8. The average molecular weight is 266 g/mol. The largest absolute Gasteiger partial charge is 0.469 e. The van der Waals surface area contributed by atoms with Gasteiger partial charge in [-0.25, -0.2) is 0 Å². The Balaban J connectivity index is 2.13. The molecule has 0 aliphatic rings. The van der Waals surface area contributed by atoms with Gasteiger partial charge in [0, 0.05) is 18.9 Å². The highest BCUT2D eigenvalue weighted by Gasteiger charge is 2.10. The van der Waals surface area contributed by atoms with Crippen LogP contribution in [-0.2, 0) is 11.2 Å². The zero-order valence-electron chi connectivity index (χ0n) is 12.0. The van der Waals surface area contributed by atoms with Crippen LogP contribution >= 0.6 is 0 Å². The molecule has 2 atom stereocenters. The highest BCUT2D eigenvalue weighted by molar-refractivity contribution is 5.76. The highest BCUT2D eigenvalue weighted by atomic mass is 16.3. The van der Waals surface area contributed by atoms with E-state index in [0.29, 0.717) is 18.9 Å². The fraction of sp³-hybridized carbons (Fsp3) is 0.667. The summed E-state index contributed by atoms with van der Waals surface area (Å²) in [6, 6.07) is 4.03. The van der Waals surface area contributed by atoms with Crippen molar-refractivity contribution in [2.24, 2.45) is 11.7 Å². The summed E-state index contributed by atoms with van der Waals surface area (Å²) in [5.74, 6) is 1.63. The van der Waals surface area contributed by atoms with Crippen molar-refractivity contribution in [3.05, 3.63) is 24.2 Å². The molecular formula is C15H26N2O2. The minimum atomic E-state index is 0.135. The third kappa shape index (κ3) is 7.01. The lowest BCUT2D eigenvalue weighted by molar-refractivity contribution is -0.122. The number of hydrogen-bond acceptors (Lipinski definition) is 3.